The third-order valence-corrected chi connectivity index (χ3v) is 4.94. The van der Waals surface area contributed by atoms with Crippen LogP contribution < -0.4 is 5.32 Å². The molecule has 0 spiro atoms. The SMILES string of the molecule is O=C(O)Nc1cccc2c1ccn2S(=O)(=O)c1ccccc1. The second-order valence-electron chi connectivity index (χ2n) is 4.60. The number of aromatic nitrogens is 1. The summed E-state index contributed by atoms with van der Waals surface area (Å²) < 4.78 is 26.5. The van der Waals surface area contributed by atoms with E-state index in [2.05, 4.69) is 5.32 Å². The summed E-state index contributed by atoms with van der Waals surface area (Å²) in [5, 5.41) is 11.6. The van der Waals surface area contributed by atoms with Crippen molar-refractivity contribution in [1.29, 1.82) is 0 Å². The Morgan fingerprint density at radius 2 is 1.73 bits per heavy atom. The molecule has 0 atom stereocenters. The second-order valence-corrected chi connectivity index (χ2v) is 6.41. The zero-order valence-electron chi connectivity index (χ0n) is 11.3. The van der Waals surface area contributed by atoms with Crippen molar-refractivity contribution in [1.82, 2.24) is 3.97 Å². The number of amides is 1. The summed E-state index contributed by atoms with van der Waals surface area (Å²) in [4.78, 5) is 11.0. The molecule has 22 heavy (non-hydrogen) atoms. The molecule has 6 nitrogen and oxygen atoms in total. The molecule has 1 amide bonds. The lowest BCUT2D eigenvalue weighted by Gasteiger charge is -2.08. The topological polar surface area (TPSA) is 88.4 Å². The van der Waals surface area contributed by atoms with E-state index < -0.39 is 16.1 Å². The minimum Gasteiger partial charge on any atom is -0.465 e. The zero-order chi connectivity index (χ0) is 15.7. The summed E-state index contributed by atoms with van der Waals surface area (Å²) in [6.07, 6.45) is 0.214. The fourth-order valence-electron chi connectivity index (χ4n) is 2.28. The average molecular weight is 316 g/mol. The van der Waals surface area contributed by atoms with Crippen LogP contribution in [0.3, 0.4) is 0 Å². The monoisotopic (exact) mass is 316 g/mol. The Morgan fingerprint density at radius 1 is 1.00 bits per heavy atom. The highest BCUT2D eigenvalue weighted by Crippen LogP contribution is 2.27. The summed E-state index contributed by atoms with van der Waals surface area (Å²) in [5.74, 6) is 0. The van der Waals surface area contributed by atoms with Crippen LogP contribution in [0.1, 0.15) is 0 Å². The van der Waals surface area contributed by atoms with Gasteiger partial charge in [0.1, 0.15) is 0 Å². The molecular weight excluding hydrogens is 304 g/mol. The van der Waals surface area contributed by atoms with Gasteiger partial charge < -0.3 is 5.11 Å². The lowest BCUT2D eigenvalue weighted by atomic mass is 10.2. The number of nitrogens with one attached hydrogen (secondary N) is 1. The number of carbonyl (C=O) groups is 1. The van der Waals surface area contributed by atoms with Crippen LogP contribution in [0.4, 0.5) is 10.5 Å². The molecule has 2 aromatic carbocycles. The van der Waals surface area contributed by atoms with Crippen molar-refractivity contribution >= 4 is 32.7 Å². The van der Waals surface area contributed by atoms with Crippen LogP contribution in [0, 0.1) is 0 Å². The van der Waals surface area contributed by atoms with E-state index in [1.54, 1.807) is 42.5 Å². The summed E-state index contributed by atoms with van der Waals surface area (Å²) in [6.45, 7) is 0. The summed E-state index contributed by atoms with van der Waals surface area (Å²) in [6, 6.07) is 14.4. The molecule has 0 bridgehead atoms. The minimum absolute atomic E-state index is 0.170. The molecule has 3 aromatic rings. The number of nitrogens with zero attached hydrogens (tertiary/aromatic N) is 1. The molecule has 0 aliphatic heterocycles. The molecule has 3 rings (SSSR count). The van der Waals surface area contributed by atoms with Crippen molar-refractivity contribution < 1.29 is 18.3 Å². The largest absolute Gasteiger partial charge is 0.465 e. The first-order valence-electron chi connectivity index (χ1n) is 6.41. The molecule has 0 unspecified atom stereocenters. The minimum atomic E-state index is -3.73. The number of hydrogen-bond acceptors (Lipinski definition) is 3. The van der Waals surface area contributed by atoms with Crippen LogP contribution in [-0.2, 0) is 10.0 Å². The van der Waals surface area contributed by atoms with Gasteiger partial charge in [0.15, 0.2) is 0 Å². The highest BCUT2D eigenvalue weighted by Gasteiger charge is 2.19. The van der Waals surface area contributed by atoms with Crippen molar-refractivity contribution in [3.8, 4) is 0 Å². The lowest BCUT2D eigenvalue weighted by Crippen LogP contribution is -2.12. The van der Waals surface area contributed by atoms with E-state index in [-0.39, 0.29) is 4.90 Å². The molecule has 0 saturated carbocycles. The van der Waals surface area contributed by atoms with Crippen LogP contribution in [0.5, 0.6) is 0 Å². The Kier molecular flexibility index (Phi) is 3.34. The molecule has 1 aromatic heterocycles. The van der Waals surface area contributed by atoms with E-state index in [4.69, 9.17) is 5.11 Å². The van der Waals surface area contributed by atoms with Crippen molar-refractivity contribution in [3.05, 3.63) is 60.8 Å². The molecule has 112 valence electrons. The Labute approximate surface area is 126 Å². The number of benzene rings is 2. The lowest BCUT2D eigenvalue weighted by molar-refractivity contribution is 0.210. The molecule has 0 saturated heterocycles. The van der Waals surface area contributed by atoms with Gasteiger partial charge in [-0.3, -0.25) is 5.32 Å². The van der Waals surface area contributed by atoms with E-state index in [0.717, 1.165) is 3.97 Å². The second kappa shape index (κ2) is 5.19. The van der Waals surface area contributed by atoms with E-state index in [1.165, 1.54) is 18.3 Å². The van der Waals surface area contributed by atoms with Gasteiger partial charge in [-0.05, 0) is 30.3 Å². The smallest absolute Gasteiger partial charge is 0.409 e. The van der Waals surface area contributed by atoms with Gasteiger partial charge in [-0.15, -0.1) is 0 Å². The first kappa shape index (κ1) is 14.2. The van der Waals surface area contributed by atoms with Crippen LogP contribution in [-0.4, -0.2) is 23.6 Å². The van der Waals surface area contributed by atoms with Gasteiger partial charge in [-0.2, -0.15) is 0 Å². The molecule has 0 radical (unpaired) electrons. The molecule has 0 fully saturated rings. The Hall–Kier alpha value is -2.80. The van der Waals surface area contributed by atoms with Gasteiger partial charge in [0.25, 0.3) is 10.0 Å². The van der Waals surface area contributed by atoms with Gasteiger partial charge in [0.2, 0.25) is 0 Å². The first-order valence-corrected chi connectivity index (χ1v) is 7.85. The third-order valence-electron chi connectivity index (χ3n) is 3.24. The van der Waals surface area contributed by atoms with Crippen molar-refractivity contribution in [2.75, 3.05) is 5.32 Å². The molecule has 0 aliphatic carbocycles. The quantitative estimate of drug-likeness (QED) is 0.777. The van der Waals surface area contributed by atoms with Gasteiger partial charge in [0.05, 0.1) is 16.1 Å². The number of anilines is 1. The van der Waals surface area contributed by atoms with Crippen molar-refractivity contribution in [3.63, 3.8) is 0 Å². The van der Waals surface area contributed by atoms with E-state index >= 15 is 0 Å². The van der Waals surface area contributed by atoms with Gasteiger partial charge in [-0.25, -0.2) is 17.2 Å². The van der Waals surface area contributed by atoms with Crippen LogP contribution in [0.25, 0.3) is 10.9 Å². The number of rotatable bonds is 3. The van der Waals surface area contributed by atoms with Crippen molar-refractivity contribution in [2.24, 2.45) is 0 Å². The highest BCUT2D eigenvalue weighted by molar-refractivity contribution is 7.90. The fraction of sp³-hybridized carbons (Fsp3) is 0. The standard InChI is InChI=1S/C15H12N2O4S/c18-15(19)16-13-7-4-8-14-12(13)9-10-17(14)22(20,21)11-5-2-1-3-6-11/h1-10,16H,(H,18,19). The van der Waals surface area contributed by atoms with Crippen LogP contribution >= 0.6 is 0 Å². The van der Waals surface area contributed by atoms with E-state index in [1.807, 2.05) is 0 Å². The predicted molar refractivity (Wildman–Crippen MR) is 82.6 cm³/mol. The summed E-state index contributed by atoms with van der Waals surface area (Å²) in [5.41, 5.74) is 0.752. The fourth-order valence-corrected chi connectivity index (χ4v) is 3.65. The Balaban J connectivity index is 2.19. The highest BCUT2D eigenvalue weighted by atomic mass is 32.2. The van der Waals surface area contributed by atoms with Gasteiger partial charge >= 0.3 is 6.09 Å². The number of fused-ring (bicyclic) bond motifs is 1. The molecule has 2 N–H and O–H groups in total. The third kappa shape index (κ3) is 2.31. The predicted octanol–water partition coefficient (Wildman–Crippen LogP) is 2.97. The maximum absolute atomic E-state index is 12.7. The maximum Gasteiger partial charge on any atom is 0.409 e. The van der Waals surface area contributed by atoms with Gasteiger partial charge in [-0.1, -0.05) is 24.3 Å². The van der Waals surface area contributed by atoms with E-state index in [9.17, 15) is 13.2 Å². The number of carboxylic acid groups (broad SMARTS) is 1. The zero-order valence-corrected chi connectivity index (χ0v) is 12.1. The van der Waals surface area contributed by atoms with Crippen LogP contribution in [0.2, 0.25) is 0 Å². The molecular formula is C15H12N2O4S. The van der Waals surface area contributed by atoms with Gasteiger partial charge in [0, 0.05) is 11.6 Å². The number of hydrogen-bond donors (Lipinski definition) is 2. The normalized spacial score (nSPS) is 11.5. The Morgan fingerprint density at radius 3 is 2.41 bits per heavy atom. The molecule has 7 heteroatoms. The molecule has 0 aliphatic rings. The summed E-state index contributed by atoms with van der Waals surface area (Å²) >= 11 is 0. The summed E-state index contributed by atoms with van der Waals surface area (Å²) in [7, 11) is -3.73. The van der Waals surface area contributed by atoms with E-state index in [0.29, 0.717) is 16.6 Å². The Bertz CT molecular complexity index is 946. The molecule has 1 heterocycles. The average Bonchev–Trinajstić information content (AvgIpc) is 2.93. The maximum atomic E-state index is 12.7. The van der Waals surface area contributed by atoms with Crippen molar-refractivity contribution in [2.45, 2.75) is 4.90 Å². The van der Waals surface area contributed by atoms with Crippen LogP contribution in [0.15, 0.2) is 65.7 Å². The first-order chi connectivity index (χ1) is 10.5.